The average molecular weight is 395 g/mol. The van der Waals surface area contributed by atoms with Gasteiger partial charge in [0.2, 0.25) is 5.91 Å². The van der Waals surface area contributed by atoms with Gasteiger partial charge in [-0.2, -0.15) is 0 Å². The van der Waals surface area contributed by atoms with Crippen molar-refractivity contribution in [3.8, 4) is 0 Å². The van der Waals surface area contributed by atoms with Gasteiger partial charge in [0, 0.05) is 6.04 Å². The lowest BCUT2D eigenvalue weighted by Gasteiger charge is -2.42. The molecule has 1 N–H and O–H groups in total. The van der Waals surface area contributed by atoms with Gasteiger partial charge in [0.25, 0.3) is 0 Å². The minimum atomic E-state index is -0.788. The van der Waals surface area contributed by atoms with Crippen LogP contribution in [0.25, 0.3) is 0 Å². The first-order valence-electron chi connectivity index (χ1n) is 10.2. The third-order valence-corrected chi connectivity index (χ3v) is 6.39. The third kappa shape index (κ3) is 3.72. The molecular formula is C21H34N2O5. The van der Waals surface area contributed by atoms with E-state index in [-0.39, 0.29) is 29.3 Å². The minimum Gasteiger partial charge on any atom is -0.467 e. The van der Waals surface area contributed by atoms with Gasteiger partial charge in [-0.3, -0.25) is 4.79 Å². The Bertz CT molecular complexity index is 671. The molecule has 1 heterocycles. The Kier molecular flexibility index (Phi) is 4.96. The predicted molar refractivity (Wildman–Crippen MR) is 103 cm³/mol. The molecule has 3 rings (SSSR count). The molecule has 3 aliphatic rings. The summed E-state index contributed by atoms with van der Waals surface area (Å²) in [5.41, 5.74) is -0.973. The Morgan fingerprint density at radius 3 is 2.18 bits per heavy atom. The molecule has 2 amide bonds. The number of nitrogens with zero attached hydrogens (tertiary/aromatic N) is 1. The van der Waals surface area contributed by atoms with E-state index < -0.39 is 29.2 Å². The first-order valence-corrected chi connectivity index (χ1v) is 10.2. The highest BCUT2D eigenvalue weighted by Gasteiger charge is 2.67. The lowest BCUT2D eigenvalue weighted by Crippen LogP contribution is -2.61. The van der Waals surface area contributed by atoms with E-state index in [1.165, 1.54) is 7.11 Å². The van der Waals surface area contributed by atoms with Gasteiger partial charge < -0.3 is 19.7 Å². The lowest BCUT2D eigenvalue weighted by atomic mass is 9.82. The topological polar surface area (TPSA) is 84.9 Å². The maximum atomic E-state index is 13.6. The second kappa shape index (κ2) is 6.63. The van der Waals surface area contributed by atoms with Crippen molar-refractivity contribution in [3.63, 3.8) is 0 Å². The fourth-order valence-electron chi connectivity index (χ4n) is 5.02. The van der Waals surface area contributed by atoms with Crippen molar-refractivity contribution < 1.29 is 23.9 Å². The summed E-state index contributed by atoms with van der Waals surface area (Å²) < 4.78 is 10.4. The molecule has 2 aliphatic carbocycles. The zero-order chi connectivity index (χ0) is 21.1. The van der Waals surface area contributed by atoms with Gasteiger partial charge >= 0.3 is 12.1 Å². The fraction of sp³-hybridized carbons (Fsp3) is 0.857. The van der Waals surface area contributed by atoms with E-state index in [0.29, 0.717) is 0 Å². The second-order valence-corrected chi connectivity index (χ2v) is 10.7. The number of fused-ring (bicyclic) bond motifs is 3. The molecule has 158 valence electrons. The number of rotatable bonds is 3. The molecule has 7 heteroatoms. The van der Waals surface area contributed by atoms with Gasteiger partial charge in [-0.1, -0.05) is 20.8 Å². The predicted octanol–water partition coefficient (Wildman–Crippen LogP) is 2.87. The molecular weight excluding hydrogens is 360 g/mol. The highest BCUT2D eigenvalue weighted by molar-refractivity contribution is 5.91. The Morgan fingerprint density at radius 1 is 1.11 bits per heavy atom. The summed E-state index contributed by atoms with van der Waals surface area (Å²) in [6.07, 6.45) is 3.42. The molecule has 3 fully saturated rings. The maximum Gasteiger partial charge on any atom is 0.408 e. The Balaban J connectivity index is 1.84. The number of alkyl carbamates (subject to hydrolysis) is 1. The van der Waals surface area contributed by atoms with Crippen molar-refractivity contribution in [2.24, 2.45) is 16.7 Å². The number of hydrogen-bond donors (Lipinski definition) is 1. The fourth-order valence-corrected chi connectivity index (χ4v) is 5.02. The van der Waals surface area contributed by atoms with E-state index >= 15 is 0 Å². The summed E-state index contributed by atoms with van der Waals surface area (Å²) in [7, 11) is 1.37. The quantitative estimate of drug-likeness (QED) is 0.744. The number of esters is 1. The van der Waals surface area contributed by atoms with Crippen LogP contribution in [-0.4, -0.2) is 53.7 Å². The summed E-state index contributed by atoms with van der Waals surface area (Å²) in [6.45, 7) is 11.0. The molecule has 0 aromatic carbocycles. The van der Waals surface area contributed by atoms with Crippen molar-refractivity contribution in [2.45, 2.75) is 91.0 Å². The maximum absolute atomic E-state index is 13.6. The lowest BCUT2D eigenvalue weighted by molar-refractivity contribution is -0.158. The van der Waals surface area contributed by atoms with E-state index in [0.717, 1.165) is 25.7 Å². The molecule has 0 aromatic rings. The summed E-state index contributed by atoms with van der Waals surface area (Å²) in [5.74, 6) is -0.412. The van der Waals surface area contributed by atoms with Crippen molar-refractivity contribution in [1.82, 2.24) is 10.2 Å². The van der Waals surface area contributed by atoms with Crippen LogP contribution in [0, 0.1) is 16.7 Å². The number of methoxy groups -OCH3 is 1. The summed E-state index contributed by atoms with van der Waals surface area (Å²) >= 11 is 0. The molecule has 0 radical (unpaired) electrons. The van der Waals surface area contributed by atoms with Crippen molar-refractivity contribution in [2.75, 3.05) is 7.11 Å². The molecule has 28 heavy (non-hydrogen) atoms. The Labute approximate surface area is 167 Å². The first kappa shape index (κ1) is 20.9. The highest BCUT2D eigenvalue weighted by atomic mass is 16.6. The standard InChI is InChI=1S/C21H34N2O5/c1-19(2,3)15(22-18(26)28-20(4,5)6)16(24)23-12-10-13(14(23)17(25)27-7)21(11-12)8-9-21/h12-15H,8-11H2,1-7H3,(H,22,26)/t12-,13-,14-,15+/m0/s1. The Hall–Kier alpha value is -1.79. The van der Waals surface area contributed by atoms with Crippen molar-refractivity contribution >= 4 is 18.0 Å². The molecule has 1 aliphatic heterocycles. The van der Waals surface area contributed by atoms with Gasteiger partial charge in [0.15, 0.2) is 0 Å². The molecule has 7 nitrogen and oxygen atoms in total. The molecule has 0 unspecified atom stereocenters. The van der Waals surface area contributed by atoms with Crippen LogP contribution in [0.5, 0.6) is 0 Å². The van der Waals surface area contributed by atoms with E-state index in [4.69, 9.17) is 9.47 Å². The summed E-state index contributed by atoms with van der Waals surface area (Å²) in [6, 6.07) is -1.30. The van der Waals surface area contributed by atoms with Gasteiger partial charge in [-0.15, -0.1) is 0 Å². The number of nitrogens with one attached hydrogen (secondary N) is 1. The SMILES string of the molecule is COC(=O)[C@@H]1[C@@H]2C[C@@H](CC23CC3)N1C(=O)[C@@H](NC(=O)OC(C)(C)C)C(C)(C)C. The van der Waals surface area contributed by atoms with Crippen LogP contribution < -0.4 is 5.32 Å². The smallest absolute Gasteiger partial charge is 0.408 e. The normalized spacial score (nSPS) is 28.8. The Morgan fingerprint density at radius 2 is 1.71 bits per heavy atom. The van der Waals surface area contributed by atoms with E-state index in [2.05, 4.69) is 5.32 Å². The van der Waals surface area contributed by atoms with Crippen molar-refractivity contribution in [1.29, 1.82) is 0 Å². The van der Waals surface area contributed by atoms with Crippen LogP contribution in [0.3, 0.4) is 0 Å². The molecule has 4 atom stereocenters. The van der Waals surface area contributed by atoms with E-state index in [1.807, 2.05) is 20.8 Å². The zero-order valence-electron chi connectivity index (χ0n) is 18.1. The molecule has 2 bridgehead atoms. The third-order valence-electron chi connectivity index (χ3n) is 6.39. The molecule has 0 aromatic heterocycles. The van der Waals surface area contributed by atoms with Crippen LogP contribution in [0.15, 0.2) is 0 Å². The highest BCUT2D eigenvalue weighted by Crippen LogP contribution is 2.67. The van der Waals surface area contributed by atoms with Gasteiger partial charge in [0.05, 0.1) is 7.11 Å². The average Bonchev–Trinajstić information content (AvgIpc) is 3.06. The van der Waals surface area contributed by atoms with Crippen LogP contribution in [-0.2, 0) is 19.1 Å². The van der Waals surface area contributed by atoms with Crippen LogP contribution in [0.1, 0.15) is 67.2 Å². The molecule has 1 spiro atoms. The molecule has 2 saturated carbocycles. The molecule has 1 saturated heterocycles. The van der Waals surface area contributed by atoms with Crippen molar-refractivity contribution in [3.05, 3.63) is 0 Å². The van der Waals surface area contributed by atoms with Gasteiger partial charge in [0.1, 0.15) is 17.7 Å². The van der Waals surface area contributed by atoms with Gasteiger partial charge in [-0.25, -0.2) is 9.59 Å². The first-order chi connectivity index (χ1) is 12.8. The number of hydrogen-bond acceptors (Lipinski definition) is 5. The largest absolute Gasteiger partial charge is 0.467 e. The number of ether oxygens (including phenoxy) is 2. The monoisotopic (exact) mass is 394 g/mol. The second-order valence-electron chi connectivity index (χ2n) is 10.7. The number of piperidine rings is 1. The number of carbonyl (C=O) groups excluding carboxylic acids is 3. The number of likely N-dealkylation sites (tertiary alicyclic amines) is 1. The van der Waals surface area contributed by atoms with Crippen LogP contribution in [0.2, 0.25) is 0 Å². The summed E-state index contributed by atoms with van der Waals surface area (Å²) in [4.78, 5) is 40.3. The van der Waals surface area contributed by atoms with Crippen LogP contribution >= 0.6 is 0 Å². The number of carbonyl (C=O) groups is 3. The zero-order valence-corrected chi connectivity index (χ0v) is 18.1. The minimum absolute atomic E-state index is 0.0365. The van der Waals surface area contributed by atoms with E-state index in [1.54, 1.807) is 25.7 Å². The van der Waals surface area contributed by atoms with Gasteiger partial charge in [-0.05, 0) is 63.2 Å². The summed E-state index contributed by atoms with van der Waals surface area (Å²) in [5, 5.41) is 2.76. The van der Waals surface area contributed by atoms with Crippen LogP contribution in [0.4, 0.5) is 4.79 Å². The van der Waals surface area contributed by atoms with E-state index in [9.17, 15) is 14.4 Å². The number of amides is 2.